The number of nitrogens with one attached hydrogen (secondary N) is 2. The van der Waals surface area contributed by atoms with Crippen molar-refractivity contribution in [1.29, 1.82) is 0 Å². The van der Waals surface area contributed by atoms with Gasteiger partial charge in [0.15, 0.2) is 0 Å². The van der Waals surface area contributed by atoms with Crippen molar-refractivity contribution in [3.05, 3.63) is 11.4 Å². The van der Waals surface area contributed by atoms with Crippen LogP contribution in [0.3, 0.4) is 0 Å². The predicted octanol–water partition coefficient (Wildman–Crippen LogP) is 1.95. The number of anilines is 1. The van der Waals surface area contributed by atoms with Gasteiger partial charge >= 0.3 is 6.03 Å². The van der Waals surface area contributed by atoms with Gasteiger partial charge in [-0.25, -0.2) is 4.79 Å². The first-order valence-electron chi connectivity index (χ1n) is 7.25. The van der Waals surface area contributed by atoms with Crippen molar-refractivity contribution in [2.24, 2.45) is 0 Å². The molecule has 0 aromatic carbocycles. The smallest absolute Gasteiger partial charge is 0.319 e. The SMILES string of the molecule is CCn1nc(C)c(NC(=O)NC2(CO)CCCC2)c1C. The molecule has 3 N–H and O–H groups in total. The fourth-order valence-electron chi connectivity index (χ4n) is 2.95. The number of hydrogen-bond donors (Lipinski definition) is 3. The number of hydrogen-bond acceptors (Lipinski definition) is 3. The van der Waals surface area contributed by atoms with E-state index >= 15 is 0 Å². The fraction of sp³-hybridized carbons (Fsp3) is 0.714. The molecule has 1 aromatic heterocycles. The van der Waals surface area contributed by atoms with E-state index in [-0.39, 0.29) is 12.6 Å². The standard InChI is InChI=1S/C14H24N4O2/c1-4-18-11(3)12(10(2)17-18)15-13(20)16-14(9-19)7-5-6-8-14/h19H,4-9H2,1-3H3,(H2,15,16,20). The minimum Gasteiger partial charge on any atom is -0.394 e. The third kappa shape index (κ3) is 2.80. The molecular formula is C14H24N4O2. The number of nitrogens with zero attached hydrogens (tertiary/aromatic N) is 2. The Morgan fingerprint density at radius 3 is 2.55 bits per heavy atom. The summed E-state index contributed by atoms with van der Waals surface area (Å²) < 4.78 is 1.86. The Kier molecular flexibility index (Phi) is 4.32. The highest BCUT2D eigenvalue weighted by Crippen LogP contribution is 2.29. The number of amides is 2. The van der Waals surface area contributed by atoms with E-state index in [1.54, 1.807) is 0 Å². The van der Waals surface area contributed by atoms with Crippen molar-refractivity contribution < 1.29 is 9.90 Å². The molecule has 1 saturated carbocycles. The number of aliphatic hydroxyl groups excluding tert-OH is 1. The van der Waals surface area contributed by atoms with Crippen LogP contribution in [-0.2, 0) is 6.54 Å². The number of carbonyl (C=O) groups is 1. The van der Waals surface area contributed by atoms with Gasteiger partial charge in [0.25, 0.3) is 0 Å². The maximum absolute atomic E-state index is 12.2. The second kappa shape index (κ2) is 5.83. The van der Waals surface area contributed by atoms with E-state index in [1.807, 2.05) is 25.5 Å². The zero-order valence-electron chi connectivity index (χ0n) is 12.5. The van der Waals surface area contributed by atoms with Crippen molar-refractivity contribution in [3.63, 3.8) is 0 Å². The lowest BCUT2D eigenvalue weighted by molar-refractivity contribution is 0.167. The van der Waals surface area contributed by atoms with Gasteiger partial charge in [-0.15, -0.1) is 0 Å². The van der Waals surface area contributed by atoms with E-state index in [2.05, 4.69) is 15.7 Å². The Morgan fingerprint density at radius 2 is 2.05 bits per heavy atom. The monoisotopic (exact) mass is 280 g/mol. The number of aliphatic hydroxyl groups is 1. The van der Waals surface area contributed by atoms with Crippen molar-refractivity contribution in [1.82, 2.24) is 15.1 Å². The van der Waals surface area contributed by atoms with Crippen LogP contribution in [0.4, 0.5) is 10.5 Å². The normalized spacial score (nSPS) is 17.2. The van der Waals surface area contributed by atoms with Gasteiger partial charge in [0.1, 0.15) is 0 Å². The largest absolute Gasteiger partial charge is 0.394 e. The van der Waals surface area contributed by atoms with E-state index in [0.29, 0.717) is 0 Å². The molecule has 112 valence electrons. The van der Waals surface area contributed by atoms with Gasteiger partial charge in [-0.2, -0.15) is 5.10 Å². The minimum absolute atomic E-state index is 0.00734. The number of rotatable bonds is 4. The molecule has 0 bridgehead atoms. The first-order chi connectivity index (χ1) is 9.51. The van der Waals surface area contributed by atoms with Gasteiger partial charge in [0, 0.05) is 6.54 Å². The highest BCUT2D eigenvalue weighted by molar-refractivity contribution is 5.91. The Balaban J connectivity index is 2.06. The van der Waals surface area contributed by atoms with Crippen LogP contribution in [0.2, 0.25) is 0 Å². The summed E-state index contributed by atoms with van der Waals surface area (Å²) in [5.41, 5.74) is 2.07. The molecule has 1 aromatic rings. The molecule has 1 aliphatic rings. The predicted molar refractivity (Wildman–Crippen MR) is 77.8 cm³/mol. The van der Waals surface area contributed by atoms with Gasteiger partial charge in [-0.1, -0.05) is 12.8 Å². The molecule has 1 aliphatic carbocycles. The molecule has 6 heteroatoms. The zero-order chi connectivity index (χ0) is 14.8. The zero-order valence-corrected chi connectivity index (χ0v) is 12.5. The molecule has 2 amide bonds. The Morgan fingerprint density at radius 1 is 1.40 bits per heavy atom. The summed E-state index contributed by atoms with van der Waals surface area (Å²) in [6.45, 7) is 6.61. The molecule has 2 rings (SSSR count). The lowest BCUT2D eigenvalue weighted by atomic mass is 9.99. The van der Waals surface area contributed by atoms with E-state index in [0.717, 1.165) is 49.3 Å². The summed E-state index contributed by atoms with van der Waals surface area (Å²) in [5.74, 6) is 0. The molecule has 6 nitrogen and oxygen atoms in total. The van der Waals surface area contributed by atoms with Crippen LogP contribution in [0.5, 0.6) is 0 Å². The molecule has 0 spiro atoms. The highest BCUT2D eigenvalue weighted by Gasteiger charge is 2.34. The van der Waals surface area contributed by atoms with Crippen LogP contribution in [-0.4, -0.2) is 33.1 Å². The maximum Gasteiger partial charge on any atom is 0.319 e. The molecule has 0 aliphatic heterocycles. The fourth-order valence-corrected chi connectivity index (χ4v) is 2.95. The van der Waals surface area contributed by atoms with E-state index in [4.69, 9.17) is 0 Å². The van der Waals surface area contributed by atoms with Crippen molar-refractivity contribution in [2.75, 3.05) is 11.9 Å². The average Bonchev–Trinajstić information content (AvgIpc) is 2.99. The van der Waals surface area contributed by atoms with E-state index in [1.165, 1.54) is 0 Å². The third-order valence-electron chi connectivity index (χ3n) is 4.16. The van der Waals surface area contributed by atoms with Crippen LogP contribution >= 0.6 is 0 Å². The Hall–Kier alpha value is -1.56. The summed E-state index contributed by atoms with van der Waals surface area (Å²) in [5, 5.41) is 19.7. The molecule has 1 heterocycles. The van der Waals surface area contributed by atoms with Crippen LogP contribution in [0.1, 0.15) is 44.0 Å². The van der Waals surface area contributed by atoms with E-state index < -0.39 is 5.54 Å². The van der Waals surface area contributed by atoms with Gasteiger partial charge in [0.2, 0.25) is 0 Å². The molecule has 1 fully saturated rings. The number of aryl methyl sites for hydroxylation is 2. The molecule has 0 saturated heterocycles. The van der Waals surface area contributed by atoms with Crippen molar-refractivity contribution >= 4 is 11.7 Å². The topological polar surface area (TPSA) is 79.2 Å². The van der Waals surface area contributed by atoms with Crippen molar-refractivity contribution in [2.45, 2.75) is 58.5 Å². The highest BCUT2D eigenvalue weighted by atomic mass is 16.3. The first-order valence-corrected chi connectivity index (χ1v) is 7.25. The first kappa shape index (κ1) is 14.8. The van der Waals surface area contributed by atoms with E-state index in [9.17, 15) is 9.90 Å². The lowest BCUT2D eigenvalue weighted by Gasteiger charge is -2.28. The average molecular weight is 280 g/mol. The summed E-state index contributed by atoms with van der Waals surface area (Å²) in [6, 6.07) is -0.261. The Bertz CT molecular complexity index is 490. The lowest BCUT2D eigenvalue weighted by Crippen LogP contribution is -2.50. The third-order valence-corrected chi connectivity index (χ3v) is 4.16. The number of urea groups is 1. The minimum atomic E-state index is -0.452. The van der Waals surface area contributed by atoms with Crippen LogP contribution < -0.4 is 10.6 Å². The van der Waals surface area contributed by atoms with Gasteiger partial charge in [-0.3, -0.25) is 4.68 Å². The van der Waals surface area contributed by atoms with Crippen molar-refractivity contribution in [3.8, 4) is 0 Å². The Labute approximate surface area is 119 Å². The second-order valence-electron chi connectivity index (χ2n) is 5.59. The second-order valence-corrected chi connectivity index (χ2v) is 5.59. The van der Waals surface area contributed by atoms with Gasteiger partial charge in [-0.05, 0) is 33.6 Å². The van der Waals surface area contributed by atoms with Crippen LogP contribution in [0.25, 0.3) is 0 Å². The van der Waals surface area contributed by atoms with Gasteiger partial charge in [0.05, 0.1) is 29.2 Å². The number of carbonyl (C=O) groups excluding carboxylic acids is 1. The molecule has 0 radical (unpaired) electrons. The molecule has 0 unspecified atom stereocenters. The molecule has 0 atom stereocenters. The number of aromatic nitrogens is 2. The van der Waals surface area contributed by atoms with Crippen LogP contribution in [0.15, 0.2) is 0 Å². The summed E-state index contributed by atoms with van der Waals surface area (Å²) >= 11 is 0. The van der Waals surface area contributed by atoms with Crippen LogP contribution in [0, 0.1) is 13.8 Å². The van der Waals surface area contributed by atoms with Gasteiger partial charge < -0.3 is 15.7 Å². The molecule has 20 heavy (non-hydrogen) atoms. The summed E-state index contributed by atoms with van der Waals surface area (Å²) in [4.78, 5) is 12.2. The quantitative estimate of drug-likeness (QED) is 0.788. The summed E-state index contributed by atoms with van der Waals surface area (Å²) in [6.07, 6.45) is 3.77. The summed E-state index contributed by atoms with van der Waals surface area (Å²) in [7, 11) is 0. The maximum atomic E-state index is 12.2. The molecular weight excluding hydrogens is 256 g/mol.